The van der Waals surface area contributed by atoms with Crippen LogP contribution in [-0.4, -0.2) is 30.8 Å². The van der Waals surface area contributed by atoms with Crippen molar-refractivity contribution in [3.63, 3.8) is 0 Å². The highest BCUT2D eigenvalue weighted by molar-refractivity contribution is 7.85. The summed E-state index contributed by atoms with van der Waals surface area (Å²) in [6.45, 7) is 3.95. The number of esters is 1. The highest BCUT2D eigenvalue weighted by Gasteiger charge is 2.06. The molecular formula is C22H41O5S-. The van der Waals surface area contributed by atoms with Crippen molar-refractivity contribution in [3.8, 4) is 0 Å². The molecule has 0 aliphatic heterocycles. The summed E-state index contributed by atoms with van der Waals surface area (Å²) in [7, 11) is -4.03. The second-order valence-corrected chi connectivity index (χ2v) is 9.18. The molecule has 0 rings (SSSR count). The van der Waals surface area contributed by atoms with Crippen LogP contribution in [0.15, 0.2) is 12.2 Å². The Morgan fingerprint density at radius 1 is 0.857 bits per heavy atom. The third kappa shape index (κ3) is 21.4. The van der Waals surface area contributed by atoms with Crippen LogP contribution in [0, 0.1) is 0 Å². The fraction of sp³-hybridized carbons (Fsp3) is 0.864. The highest BCUT2D eigenvalue weighted by Crippen LogP contribution is 2.11. The van der Waals surface area contributed by atoms with Crippen LogP contribution >= 0.6 is 0 Å². The summed E-state index contributed by atoms with van der Waals surface area (Å²) in [5.74, 6) is -0.284. The van der Waals surface area contributed by atoms with Crippen molar-refractivity contribution in [1.29, 1.82) is 0 Å². The first-order valence-corrected chi connectivity index (χ1v) is 12.7. The third-order valence-corrected chi connectivity index (χ3v) is 5.63. The highest BCUT2D eigenvalue weighted by atomic mass is 32.2. The van der Waals surface area contributed by atoms with Gasteiger partial charge in [-0.2, -0.15) is 0 Å². The fourth-order valence-electron chi connectivity index (χ4n) is 2.91. The molecule has 0 aromatic rings. The van der Waals surface area contributed by atoms with Gasteiger partial charge in [-0.1, -0.05) is 64.0 Å². The number of hydrogen-bond donors (Lipinski definition) is 0. The third-order valence-electron chi connectivity index (χ3n) is 4.84. The average molecular weight is 418 g/mol. The van der Waals surface area contributed by atoms with Crippen LogP contribution in [0.5, 0.6) is 0 Å². The second-order valence-electron chi connectivity index (χ2n) is 7.66. The minimum absolute atomic E-state index is 0.0371. The maximum Gasteiger partial charge on any atom is 0.306 e. The van der Waals surface area contributed by atoms with E-state index in [-0.39, 0.29) is 17.8 Å². The van der Waals surface area contributed by atoms with Crippen LogP contribution in [0.2, 0.25) is 0 Å². The van der Waals surface area contributed by atoms with Crippen LogP contribution < -0.4 is 0 Å². The van der Waals surface area contributed by atoms with Crippen molar-refractivity contribution >= 4 is 16.1 Å². The lowest BCUT2D eigenvalue weighted by atomic mass is 10.1. The zero-order valence-electron chi connectivity index (χ0n) is 18.0. The Morgan fingerprint density at radius 2 is 1.32 bits per heavy atom. The van der Waals surface area contributed by atoms with E-state index in [1.807, 2.05) is 13.8 Å². The zero-order valence-corrected chi connectivity index (χ0v) is 18.8. The van der Waals surface area contributed by atoms with Crippen LogP contribution in [0.1, 0.15) is 110 Å². The van der Waals surface area contributed by atoms with Gasteiger partial charge in [0.05, 0.1) is 16.2 Å². The van der Waals surface area contributed by atoms with Crippen LogP contribution in [0.25, 0.3) is 0 Å². The Kier molecular flexibility index (Phi) is 17.6. The first kappa shape index (κ1) is 27.1. The predicted octanol–water partition coefficient (Wildman–Crippen LogP) is 5.89. The molecule has 0 radical (unpaired) electrons. The van der Waals surface area contributed by atoms with E-state index in [4.69, 9.17) is 4.74 Å². The van der Waals surface area contributed by atoms with Crippen molar-refractivity contribution < 1.29 is 22.5 Å². The van der Waals surface area contributed by atoms with Gasteiger partial charge < -0.3 is 9.29 Å². The molecule has 0 saturated heterocycles. The molecule has 0 aromatic carbocycles. The van der Waals surface area contributed by atoms with Gasteiger partial charge in [0.15, 0.2) is 0 Å². The Morgan fingerprint density at radius 3 is 1.82 bits per heavy atom. The lowest BCUT2D eigenvalue weighted by molar-refractivity contribution is -0.148. The molecule has 0 N–H and O–H groups in total. The number of hydrogen-bond acceptors (Lipinski definition) is 5. The summed E-state index contributed by atoms with van der Waals surface area (Å²) >= 11 is 0. The van der Waals surface area contributed by atoms with E-state index in [0.29, 0.717) is 12.8 Å². The molecule has 1 unspecified atom stereocenters. The van der Waals surface area contributed by atoms with E-state index in [1.165, 1.54) is 25.7 Å². The fourth-order valence-corrected chi connectivity index (χ4v) is 3.47. The Labute approximate surface area is 173 Å². The van der Waals surface area contributed by atoms with Gasteiger partial charge >= 0.3 is 5.97 Å². The SMILES string of the molecule is CCC(C)OC(=O)CCCCCCC/C=C/CCCCCCCCS(=O)(=O)[O-]. The summed E-state index contributed by atoms with van der Waals surface area (Å²) in [4.78, 5) is 11.5. The second kappa shape index (κ2) is 18.2. The van der Waals surface area contributed by atoms with Crippen molar-refractivity contribution in [2.75, 3.05) is 5.75 Å². The molecule has 0 fully saturated rings. The number of unbranched alkanes of at least 4 members (excludes halogenated alkanes) is 11. The lowest BCUT2D eigenvalue weighted by Gasteiger charge is -2.10. The van der Waals surface area contributed by atoms with Gasteiger partial charge in [0.1, 0.15) is 0 Å². The van der Waals surface area contributed by atoms with Gasteiger partial charge in [-0.25, -0.2) is 8.42 Å². The Bertz CT molecular complexity index is 499. The van der Waals surface area contributed by atoms with Crippen LogP contribution in [0.3, 0.4) is 0 Å². The molecule has 0 saturated carbocycles. The first-order valence-electron chi connectivity index (χ1n) is 11.1. The van der Waals surface area contributed by atoms with Crippen molar-refractivity contribution in [3.05, 3.63) is 12.2 Å². The summed E-state index contributed by atoms with van der Waals surface area (Å²) in [6, 6.07) is 0. The zero-order chi connectivity index (χ0) is 21.1. The standard InChI is InChI=1S/C22H42O5S/c1-3-21(2)27-22(23)19-17-15-13-11-9-7-5-4-6-8-10-12-14-16-18-20-28(24,25)26/h4-5,21H,3,6-20H2,1-2H3,(H,24,25,26)/p-1/b5-4+. The quantitative estimate of drug-likeness (QED) is 0.113. The Hall–Kier alpha value is -0.880. The number of carbonyl (C=O) groups excluding carboxylic acids is 1. The van der Waals surface area contributed by atoms with Gasteiger partial charge in [-0.15, -0.1) is 0 Å². The maximum absolute atomic E-state index is 11.5. The summed E-state index contributed by atoms with van der Waals surface area (Å²) < 4.78 is 36.6. The molecule has 0 spiro atoms. The minimum Gasteiger partial charge on any atom is -0.748 e. The topological polar surface area (TPSA) is 83.5 Å². The minimum atomic E-state index is -4.03. The monoisotopic (exact) mass is 417 g/mol. The van der Waals surface area contributed by atoms with Gasteiger partial charge in [0, 0.05) is 12.2 Å². The molecule has 0 aromatic heterocycles. The number of rotatable bonds is 19. The van der Waals surface area contributed by atoms with E-state index >= 15 is 0 Å². The summed E-state index contributed by atoms with van der Waals surface area (Å²) in [5.41, 5.74) is 0. The Balaban J connectivity index is 3.27. The molecule has 166 valence electrons. The molecule has 0 amide bonds. The molecule has 5 nitrogen and oxygen atoms in total. The van der Waals surface area contributed by atoms with Crippen molar-refractivity contribution in [1.82, 2.24) is 0 Å². The van der Waals surface area contributed by atoms with E-state index < -0.39 is 10.1 Å². The van der Waals surface area contributed by atoms with E-state index in [9.17, 15) is 17.8 Å². The van der Waals surface area contributed by atoms with Crippen molar-refractivity contribution in [2.24, 2.45) is 0 Å². The summed E-state index contributed by atoms with van der Waals surface area (Å²) in [6.07, 6.45) is 19.6. The van der Waals surface area contributed by atoms with Gasteiger partial charge in [0.2, 0.25) is 0 Å². The number of carbonyl (C=O) groups is 1. The number of ether oxygens (including phenoxy) is 1. The molecule has 28 heavy (non-hydrogen) atoms. The molecular weight excluding hydrogens is 376 g/mol. The molecule has 0 aliphatic rings. The van der Waals surface area contributed by atoms with Crippen LogP contribution in [-0.2, 0) is 19.6 Å². The van der Waals surface area contributed by atoms with Gasteiger partial charge in [0.25, 0.3) is 0 Å². The normalized spacial score (nSPS) is 13.1. The van der Waals surface area contributed by atoms with E-state index in [1.54, 1.807) is 0 Å². The molecule has 0 aliphatic carbocycles. The smallest absolute Gasteiger partial charge is 0.306 e. The van der Waals surface area contributed by atoms with Gasteiger partial charge in [-0.05, 0) is 51.9 Å². The molecule has 1 atom stereocenters. The number of allylic oxidation sites excluding steroid dienone is 2. The largest absolute Gasteiger partial charge is 0.748 e. The van der Waals surface area contributed by atoms with Gasteiger partial charge in [-0.3, -0.25) is 4.79 Å². The molecule has 0 heterocycles. The van der Waals surface area contributed by atoms with E-state index in [2.05, 4.69) is 12.2 Å². The average Bonchev–Trinajstić information content (AvgIpc) is 2.63. The van der Waals surface area contributed by atoms with Crippen LogP contribution in [0.4, 0.5) is 0 Å². The predicted molar refractivity (Wildman–Crippen MR) is 114 cm³/mol. The molecule has 0 bridgehead atoms. The molecule has 6 heteroatoms. The summed E-state index contributed by atoms with van der Waals surface area (Å²) in [5, 5.41) is 0. The van der Waals surface area contributed by atoms with E-state index in [0.717, 1.165) is 57.8 Å². The first-order chi connectivity index (χ1) is 13.3. The lowest BCUT2D eigenvalue weighted by Crippen LogP contribution is -2.13. The maximum atomic E-state index is 11.5. The van der Waals surface area contributed by atoms with Crippen molar-refractivity contribution in [2.45, 2.75) is 116 Å².